The van der Waals surface area contributed by atoms with Crippen molar-refractivity contribution in [3.05, 3.63) is 60.2 Å². The summed E-state index contributed by atoms with van der Waals surface area (Å²) >= 11 is 1.40. The summed E-state index contributed by atoms with van der Waals surface area (Å²) in [6.07, 6.45) is 2.77. The smallest absolute Gasteiger partial charge is 0.245 e. The minimum absolute atomic E-state index is 0.0258. The highest BCUT2D eigenvalue weighted by Crippen LogP contribution is 2.37. The second kappa shape index (κ2) is 14.3. The van der Waals surface area contributed by atoms with Gasteiger partial charge in [-0.15, -0.1) is 11.8 Å². The Bertz CT molecular complexity index is 1390. The first-order chi connectivity index (χ1) is 21.2. The Morgan fingerprint density at radius 2 is 1.73 bits per heavy atom. The number of carbonyl (C=O) groups is 5. The lowest BCUT2D eigenvalue weighted by Gasteiger charge is -2.51. The maximum atomic E-state index is 14.2. The molecule has 3 saturated heterocycles. The number of anilines is 1. The molecule has 2 bridgehead atoms. The van der Waals surface area contributed by atoms with Crippen molar-refractivity contribution in [1.82, 2.24) is 20.4 Å². The highest BCUT2D eigenvalue weighted by atomic mass is 32.2. The molecule has 0 radical (unpaired) electrons. The third kappa shape index (κ3) is 7.80. The number of benzene rings is 2. The lowest BCUT2D eigenvalue weighted by Crippen LogP contribution is -2.64. The van der Waals surface area contributed by atoms with E-state index in [1.165, 1.54) is 18.7 Å². The average Bonchev–Trinajstić information content (AvgIpc) is 3.00. The lowest BCUT2D eigenvalue weighted by molar-refractivity contribution is -0.148. The third-order valence-electron chi connectivity index (χ3n) is 8.73. The first-order valence-corrected chi connectivity index (χ1v) is 16.4. The van der Waals surface area contributed by atoms with Gasteiger partial charge in [-0.25, -0.2) is 0 Å². The maximum Gasteiger partial charge on any atom is 0.245 e. The lowest BCUT2D eigenvalue weighted by atomic mass is 9.77. The van der Waals surface area contributed by atoms with Crippen molar-refractivity contribution in [3.63, 3.8) is 0 Å². The van der Waals surface area contributed by atoms with Gasteiger partial charge in [-0.1, -0.05) is 42.5 Å². The van der Waals surface area contributed by atoms with Gasteiger partial charge < -0.3 is 25.8 Å². The van der Waals surface area contributed by atoms with Gasteiger partial charge in [-0.2, -0.15) is 0 Å². The molecule has 3 fully saturated rings. The monoisotopic (exact) mass is 619 g/mol. The molecule has 5 rings (SSSR count). The van der Waals surface area contributed by atoms with Crippen LogP contribution in [0.15, 0.2) is 59.5 Å². The van der Waals surface area contributed by atoms with Crippen LogP contribution >= 0.6 is 11.8 Å². The molecule has 234 valence electrons. The fourth-order valence-electron chi connectivity index (χ4n) is 6.69. The molecule has 0 aliphatic carbocycles. The average molecular weight is 620 g/mol. The number of piperidine rings is 2. The van der Waals surface area contributed by atoms with Crippen molar-refractivity contribution in [3.8, 4) is 0 Å². The molecule has 44 heavy (non-hydrogen) atoms. The first-order valence-electron chi connectivity index (χ1n) is 15.4. The van der Waals surface area contributed by atoms with E-state index >= 15 is 0 Å². The number of rotatable bonds is 6. The van der Waals surface area contributed by atoms with Crippen molar-refractivity contribution >= 4 is 47.0 Å². The summed E-state index contributed by atoms with van der Waals surface area (Å²) in [5.41, 5.74) is 1.63. The Hall–Kier alpha value is -3.86. The zero-order valence-electron chi connectivity index (χ0n) is 25.3. The molecule has 0 saturated carbocycles. The summed E-state index contributed by atoms with van der Waals surface area (Å²) in [4.78, 5) is 69.7. The van der Waals surface area contributed by atoms with Gasteiger partial charge in [0.1, 0.15) is 12.1 Å². The fourth-order valence-corrected chi connectivity index (χ4v) is 7.60. The number of hydrogen-bond acceptors (Lipinski definition) is 6. The summed E-state index contributed by atoms with van der Waals surface area (Å²) in [5.74, 6) is -0.367. The van der Waals surface area contributed by atoms with Gasteiger partial charge in [0.2, 0.25) is 29.5 Å². The zero-order valence-corrected chi connectivity index (χ0v) is 26.1. The highest BCUT2D eigenvalue weighted by molar-refractivity contribution is 8.00. The van der Waals surface area contributed by atoms with Gasteiger partial charge in [-0.3, -0.25) is 24.0 Å². The number of nitrogens with zero attached hydrogens (tertiary/aromatic N) is 2. The van der Waals surface area contributed by atoms with Crippen molar-refractivity contribution in [2.45, 2.75) is 69.0 Å². The van der Waals surface area contributed by atoms with Crippen LogP contribution in [0, 0.1) is 11.8 Å². The second-order valence-corrected chi connectivity index (χ2v) is 13.1. The molecule has 0 aromatic heterocycles. The quantitative estimate of drug-likeness (QED) is 0.427. The Labute approximate surface area is 262 Å². The van der Waals surface area contributed by atoms with Crippen LogP contribution in [0.1, 0.15) is 45.1 Å². The number of fused-ring (bicyclic) bond motifs is 4. The Balaban J connectivity index is 1.32. The molecule has 3 aliphatic heterocycles. The summed E-state index contributed by atoms with van der Waals surface area (Å²) in [5, 5.41) is 8.53. The van der Waals surface area contributed by atoms with Gasteiger partial charge in [0.25, 0.3) is 0 Å². The molecule has 0 spiro atoms. The van der Waals surface area contributed by atoms with E-state index in [0.717, 1.165) is 16.9 Å². The normalized spacial score (nSPS) is 26.0. The molecule has 3 N–H and O–H groups in total. The molecule has 2 aromatic carbocycles. The number of thioether (sulfide) groups is 1. The molecule has 11 heteroatoms. The van der Waals surface area contributed by atoms with E-state index < -0.39 is 12.1 Å². The minimum atomic E-state index is -0.761. The highest BCUT2D eigenvalue weighted by Gasteiger charge is 2.45. The number of carbonyl (C=O) groups excluding carboxylic acids is 5. The molecule has 3 heterocycles. The Morgan fingerprint density at radius 1 is 0.977 bits per heavy atom. The largest absolute Gasteiger partial charge is 0.345 e. The first kappa shape index (κ1) is 31.6. The Kier molecular flexibility index (Phi) is 10.2. The van der Waals surface area contributed by atoms with Crippen LogP contribution in [-0.4, -0.2) is 82.8 Å². The number of nitrogens with one attached hydrogen (secondary N) is 3. The molecule has 3 aliphatic rings. The van der Waals surface area contributed by atoms with Gasteiger partial charge in [0.15, 0.2) is 0 Å². The van der Waals surface area contributed by atoms with E-state index in [-0.39, 0.29) is 59.6 Å². The van der Waals surface area contributed by atoms with Crippen LogP contribution in [0.4, 0.5) is 5.69 Å². The molecule has 0 unspecified atom stereocenters. The van der Waals surface area contributed by atoms with Gasteiger partial charge in [0.05, 0.1) is 11.4 Å². The third-order valence-corrected chi connectivity index (χ3v) is 9.78. The van der Waals surface area contributed by atoms with Crippen LogP contribution < -0.4 is 16.0 Å². The summed E-state index contributed by atoms with van der Waals surface area (Å²) in [6, 6.07) is 15.4. The molecular formula is C33H41N5O5S. The van der Waals surface area contributed by atoms with Crippen LogP contribution in [0.5, 0.6) is 0 Å². The predicted octanol–water partition coefficient (Wildman–Crippen LogP) is 2.83. The SMILES string of the molecule is CC(=O)Nc1ccccc1SCC(=O)N1C[C@@H]2C[C@H](C1)[C@@H]1CCCC(=O)N[C@H](C)C(=O)N[C@@H](Cc3ccccc3)C(=O)N1C2. The maximum absolute atomic E-state index is 14.2. The summed E-state index contributed by atoms with van der Waals surface area (Å²) in [6.45, 7) is 4.70. The fraction of sp³-hybridized carbons (Fsp3) is 0.485. The number of para-hydroxylation sites is 1. The van der Waals surface area contributed by atoms with Gasteiger partial charge in [0, 0.05) is 50.3 Å². The minimum Gasteiger partial charge on any atom is -0.345 e. The second-order valence-electron chi connectivity index (χ2n) is 12.1. The van der Waals surface area contributed by atoms with E-state index in [0.29, 0.717) is 44.6 Å². The summed E-state index contributed by atoms with van der Waals surface area (Å²) < 4.78 is 0. The van der Waals surface area contributed by atoms with Gasteiger partial charge >= 0.3 is 0 Å². The number of hydrogen-bond donors (Lipinski definition) is 3. The van der Waals surface area contributed by atoms with Crippen molar-refractivity contribution in [1.29, 1.82) is 0 Å². The molecule has 2 aromatic rings. The molecule has 10 nitrogen and oxygen atoms in total. The van der Waals surface area contributed by atoms with Crippen LogP contribution in [0.2, 0.25) is 0 Å². The van der Waals surface area contributed by atoms with Crippen molar-refractivity contribution in [2.24, 2.45) is 11.8 Å². The van der Waals surface area contributed by atoms with Crippen molar-refractivity contribution in [2.75, 3.05) is 30.7 Å². The van der Waals surface area contributed by atoms with E-state index in [1.54, 1.807) is 6.92 Å². The molecular weight excluding hydrogens is 578 g/mol. The van der Waals surface area contributed by atoms with Crippen molar-refractivity contribution < 1.29 is 24.0 Å². The Morgan fingerprint density at radius 3 is 2.50 bits per heavy atom. The van der Waals surface area contributed by atoms with E-state index in [9.17, 15) is 24.0 Å². The van der Waals surface area contributed by atoms with Crippen LogP contribution in [-0.2, 0) is 30.4 Å². The topological polar surface area (TPSA) is 128 Å². The molecule has 5 atom stereocenters. The van der Waals surface area contributed by atoms with Crippen LogP contribution in [0.3, 0.4) is 0 Å². The van der Waals surface area contributed by atoms with Gasteiger partial charge in [-0.05, 0) is 55.7 Å². The predicted molar refractivity (Wildman–Crippen MR) is 169 cm³/mol. The number of amides is 5. The standard InChI is InChI=1S/C33H41N5O5S/c1-21-32(42)36-27(16-23-9-4-3-5-10-23)33(43)38-18-24-15-25(28(38)12-8-14-30(40)34-21)19-37(17-24)31(41)20-44-29-13-7-6-11-26(29)35-22(2)39/h3-7,9-11,13,21,24-25,27-28H,8,12,14-20H2,1-2H3,(H,34,40)(H,35,39)(H,36,42)/t21-,24+,25-,27+,28+/m1/s1. The molecule has 5 amide bonds. The van der Waals surface area contributed by atoms with E-state index in [4.69, 9.17) is 0 Å². The van der Waals surface area contributed by atoms with Crippen LogP contribution in [0.25, 0.3) is 0 Å². The number of likely N-dealkylation sites (tertiary alicyclic amines) is 1. The zero-order chi connectivity index (χ0) is 31.2. The van der Waals surface area contributed by atoms with E-state index in [1.807, 2.05) is 64.4 Å². The summed E-state index contributed by atoms with van der Waals surface area (Å²) in [7, 11) is 0. The van der Waals surface area contributed by atoms with E-state index in [2.05, 4.69) is 16.0 Å².